The van der Waals surface area contributed by atoms with Gasteiger partial charge in [0.25, 0.3) is 0 Å². The van der Waals surface area contributed by atoms with Crippen LogP contribution < -0.4 is 4.74 Å². The van der Waals surface area contributed by atoms with E-state index >= 15 is 0 Å². The van der Waals surface area contributed by atoms with Gasteiger partial charge in [-0.2, -0.15) is 5.10 Å². The van der Waals surface area contributed by atoms with E-state index in [9.17, 15) is 0 Å². The second kappa shape index (κ2) is 5.89. The van der Waals surface area contributed by atoms with Gasteiger partial charge >= 0.3 is 0 Å². The summed E-state index contributed by atoms with van der Waals surface area (Å²) in [6.45, 7) is 2.65. The number of methoxy groups -OCH3 is 1. The Morgan fingerprint density at radius 3 is 2.58 bits per heavy atom. The van der Waals surface area contributed by atoms with Crippen molar-refractivity contribution in [3.8, 4) is 17.2 Å². The Kier molecular flexibility index (Phi) is 3.58. The Hall–Kier alpha value is -3.01. The SMILES string of the molecule is COc1ccc2c(c1)c(-c1ccc(C)o1)nn2Cc1ccccc1. The van der Waals surface area contributed by atoms with Gasteiger partial charge in [0, 0.05) is 5.39 Å². The normalized spacial score (nSPS) is 11.1. The number of benzene rings is 2. The number of hydrogen-bond donors (Lipinski definition) is 0. The molecule has 4 heteroatoms. The lowest BCUT2D eigenvalue weighted by Crippen LogP contribution is -2.01. The van der Waals surface area contributed by atoms with Gasteiger partial charge in [0.15, 0.2) is 5.76 Å². The summed E-state index contributed by atoms with van der Waals surface area (Å²) < 4.78 is 13.2. The summed E-state index contributed by atoms with van der Waals surface area (Å²) in [5.41, 5.74) is 3.11. The maximum Gasteiger partial charge on any atom is 0.155 e. The second-order valence-corrected chi connectivity index (χ2v) is 5.79. The van der Waals surface area contributed by atoms with E-state index in [0.717, 1.165) is 33.9 Å². The highest BCUT2D eigenvalue weighted by molar-refractivity contribution is 5.93. The molecule has 0 saturated carbocycles. The van der Waals surface area contributed by atoms with Crippen LogP contribution >= 0.6 is 0 Å². The summed E-state index contributed by atoms with van der Waals surface area (Å²) >= 11 is 0. The van der Waals surface area contributed by atoms with Crippen LogP contribution in [0.15, 0.2) is 65.1 Å². The number of hydrogen-bond acceptors (Lipinski definition) is 3. The topological polar surface area (TPSA) is 40.2 Å². The van der Waals surface area contributed by atoms with Gasteiger partial charge < -0.3 is 9.15 Å². The Labute approximate surface area is 140 Å². The molecule has 0 unspecified atom stereocenters. The van der Waals surface area contributed by atoms with E-state index in [0.29, 0.717) is 6.54 Å². The zero-order chi connectivity index (χ0) is 16.5. The third kappa shape index (κ3) is 2.56. The smallest absolute Gasteiger partial charge is 0.155 e. The number of furan rings is 1. The van der Waals surface area contributed by atoms with Gasteiger partial charge in [0.05, 0.1) is 19.2 Å². The predicted molar refractivity (Wildman–Crippen MR) is 94.3 cm³/mol. The standard InChI is InChI=1S/C20H18N2O2/c1-14-8-11-19(24-14)20-17-12-16(23-2)9-10-18(17)22(21-20)13-15-6-4-3-5-7-15/h3-12H,13H2,1-2H3. The largest absolute Gasteiger partial charge is 0.497 e. The molecule has 0 fully saturated rings. The fourth-order valence-corrected chi connectivity index (χ4v) is 2.91. The third-order valence-electron chi connectivity index (χ3n) is 4.11. The lowest BCUT2D eigenvalue weighted by atomic mass is 10.1. The molecule has 0 amide bonds. The predicted octanol–water partition coefficient (Wildman–Crippen LogP) is 4.66. The zero-order valence-electron chi connectivity index (χ0n) is 13.7. The van der Waals surface area contributed by atoms with Crippen LogP contribution in [0.1, 0.15) is 11.3 Å². The Morgan fingerprint density at radius 1 is 1.04 bits per heavy atom. The molecule has 4 nitrogen and oxygen atoms in total. The van der Waals surface area contributed by atoms with E-state index < -0.39 is 0 Å². The van der Waals surface area contributed by atoms with E-state index in [-0.39, 0.29) is 0 Å². The Bertz CT molecular complexity index is 983. The van der Waals surface area contributed by atoms with Crippen molar-refractivity contribution in [3.05, 3.63) is 72.0 Å². The molecule has 0 aliphatic carbocycles. The minimum atomic E-state index is 0.712. The average molecular weight is 318 g/mol. The van der Waals surface area contributed by atoms with Crippen molar-refractivity contribution in [3.63, 3.8) is 0 Å². The fourth-order valence-electron chi connectivity index (χ4n) is 2.91. The number of aromatic nitrogens is 2. The number of aryl methyl sites for hydroxylation is 1. The fraction of sp³-hybridized carbons (Fsp3) is 0.150. The lowest BCUT2D eigenvalue weighted by Gasteiger charge is -2.04. The molecule has 120 valence electrons. The maximum atomic E-state index is 5.80. The molecule has 2 aromatic heterocycles. The van der Waals surface area contributed by atoms with Gasteiger partial charge in [-0.15, -0.1) is 0 Å². The molecule has 0 radical (unpaired) electrons. The molecule has 4 rings (SSSR count). The first kappa shape index (κ1) is 14.6. The van der Waals surface area contributed by atoms with Crippen LogP contribution in [0.3, 0.4) is 0 Å². The molecule has 0 N–H and O–H groups in total. The quantitative estimate of drug-likeness (QED) is 0.549. The molecule has 0 spiro atoms. The monoisotopic (exact) mass is 318 g/mol. The Balaban J connectivity index is 1.88. The van der Waals surface area contributed by atoms with Crippen molar-refractivity contribution >= 4 is 10.9 Å². The van der Waals surface area contributed by atoms with Gasteiger partial charge in [0.1, 0.15) is 17.2 Å². The van der Waals surface area contributed by atoms with Crippen LogP contribution in [0.4, 0.5) is 0 Å². The van der Waals surface area contributed by atoms with Gasteiger partial charge in [-0.05, 0) is 42.8 Å². The van der Waals surface area contributed by atoms with Gasteiger partial charge in [-0.25, -0.2) is 0 Å². The van der Waals surface area contributed by atoms with Crippen LogP contribution in [0.5, 0.6) is 5.75 Å². The molecule has 2 heterocycles. The summed E-state index contributed by atoms with van der Waals surface area (Å²) in [5, 5.41) is 5.84. The van der Waals surface area contributed by atoms with Crippen LogP contribution in [0, 0.1) is 6.92 Å². The minimum absolute atomic E-state index is 0.712. The van der Waals surface area contributed by atoms with E-state index in [1.807, 2.05) is 60.1 Å². The molecule has 0 bridgehead atoms. The maximum absolute atomic E-state index is 5.80. The molecule has 24 heavy (non-hydrogen) atoms. The minimum Gasteiger partial charge on any atom is -0.497 e. The van der Waals surface area contributed by atoms with Gasteiger partial charge in [0.2, 0.25) is 0 Å². The number of rotatable bonds is 4. The Morgan fingerprint density at radius 2 is 1.88 bits per heavy atom. The molecule has 2 aromatic carbocycles. The zero-order valence-corrected chi connectivity index (χ0v) is 13.7. The van der Waals surface area contributed by atoms with Crippen molar-refractivity contribution in [1.82, 2.24) is 9.78 Å². The summed E-state index contributed by atoms with van der Waals surface area (Å²) in [6, 6.07) is 20.2. The van der Waals surface area contributed by atoms with E-state index in [1.54, 1.807) is 7.11 Å². The average Bonchev–Trinajstić information content (AvgIpc) is 3.19. The van der Waals surface area contributed by atoms with E-state index in [4.69, 9.17) is 14.3 Å². The first-order valence-electron chi connectivity index (χ1n) is 7.90. The van der Waals surface area contributed by atoms with E-state index in [2.05, 4.69) is 12.1 Å². The van der Waals surface area contributed by atoms with Crippen molar-refractivity contribution in [1.29, 1.82) is 0 Å². The number of fused-ring (bicyclic) bond motifs is 1. The molecule has 0 aliphatic heterocycles. The second-order valence-electron chi connectivity index (χ2n) is 5.79. The van der Waals surface area contributed by atoms with Crippen molar-refractivity contribution in [2.75, 3.05) is 7.11 Å². The third-order valence-corrected chi connectivity index (χ3v) is 4.11. The highest BCUT2D eigenvalue weighted by Crippen LogP contribution is 2.32. The highest BCUT2D eigenvalue weighted by Gasteiger charge is 2.16. The highest BCUT2D eigenvalue weighted by atomic mass is 16.5. The van der Waals surface area contributed by atoms with Crippen LogP contribution in [-0.4, -0.2) is 16.9 Å². The number of ether oxygens (including phenoxy) is 1. The van der Waals surface area contributed by atoms with Crippen molar-refractivity contribution < 1.29 is 9.15 Å². The molecule has 0 atom stereocenters. The van der Waals surface area contributed by atoms with Crippen molar-refractivity contribution in [2.45, 2.75) is 13.5 Å². The summed E-state index contributed by atoms with van der Waals surface area (Å²) in [4.78, 5) is 0. The first-order chi connectivity index (χ1) is 11.7. The van der Waals surface area contributed by atoms with Gasteiger partial charge in [-0.3, -0.25) is 4.68 Å². The number of nitrogens with zero attached hydrogens (tertiary/aromatic N) is 2. The molecule has 4 aromatic rings. The lowest BCUT2D eigenvalue weighted by molar-refractivity contribution is 0.415. The molecule has 0 aliphatic rings. The summed E-state index contributed by atoms with van der Waals surface area (Å²) in [6.07, 6.45) is 0. The first-order valence-corrected chi connectivity index (χ1v) is 7.90. The van der Waals surface area contributed by atoms with Crippen LogP contribution in [0.2, 0.25) is 0 Å². The van der Waals surface area contributed by atoms with E-state index in [1.165, 1.54) is 5.56 Å². The summed E-state index contributed by atoms with van der Waals surface area (Å²) in [5.74, 6) is 2.46. The van der Waals surface area contributed by atoms with Crippen LogP contribution in [-0.2, 0) is 6.54 Å². The molecule has 0 saturated heterocycles. The van der Waals surface area contributed by atoms with Crippen molar-refractivity contribution in [2.24, 2.45) is 0 Å². The van der Waals surface area contributed by atoms with Gasteiger partial charge in [-0.1, -0.05) is 30.3 Å². The van der Waals surface area contributed by atoms with Crippen LogP contribution in [0.25, 0.3) is 22.4 Å². The molecular weight excluding hydrogens is 300 g/mol. The summed E-state index contributed by atoms with van der Waals surface area (Å²) in [7, 11) is 1.67. The molecular formula is C20H18N2O2.